The van der Waals surface area contributed by atoms with E-state index in [1.54, 1.807) is 42.1 Å². The van der Waals surface area contributed by atoms with Crippen LogP contribution >= 0.6 is 11.8 Å². The first-order valence-electron chi connectivity index (χ1n) is 7.12. The van der Waals surface area contributed by atoms with Gasteiger partial charge in [-0.2, -0.15) is 5.10 Å². The summed E-state index contributed by atoms with van der Waals surface area (Å²) in [7, 11) is 1.78. The van der Waals surface area contributed by atoms with E-state index in [4.69, 9.17) is 0 Å². The number of amides is 1. The summed E-state index contributed by atoms with van der Waals surface area (Å²) >= 11 is 1.73. The minimum absolute atomic E-state index is 0.158. The second-order valence-corrected chi connectivity index (χ2v) is 6.08. The first-order chi connectivity index (χ1) is 11.2. The summed E-state index contributed by atoms with van der Waals surface area (Å²) in [4.78, 5) is 17.3. The molecule has 1 aromatic carbocycles. The largest absolute Gasteiger partial charge is 0.322 e. The molecule has 3 aromatic rings. The standard InChI is InChI=1S/C17H16N4OS/c1-21-11-14(10-19-21)17(22)20-15-4-6-16(7-5-15)23-12-13-3-2-8-18-9-13/h2-11H,12H2,1H3,(H,20,22). The van der Waals surface area contributed by atoms with E-state index in [0.717, 1.165) is 16.3 Å². The molecular weight excluding hydrogens is 308 g/mol. The van der Waals surface area contributed by atoms with Crippen LogP contribution < -0.4 is 5.32 Å². The maximum absolute atomic E-state index is 12.0. The van der Waals surface area contributed by atoms with Gasteiger partial charge in [0.15, 0.2) is 0 Å². The van der Waals surface area contributed by atoms with E-state index in [2.05, 4.69) is 21.5 Å². The number of carbonyl (C=O) groups excluding carboxylic acids is 1. The van der Waals surface area contributed by atoms with Gasteiger partial charge in [-0.1, -0.05) is 6.07 Å². The van der Waals surface area contributed by atoms with E-state index < -0.39 is 0 Å². The number of aromatic nitrogens is 3. The molecule has 1 N–H and O–H groups in total. The molecule has 0 radical (unpaired) electrons. The molecule has 0 aliphatic carbocycles. The van der Waals surface area contributed by atoms with Crippen molar-refractivity contribution in [2.45, 2.75) is 10.6 Å². The van der Waals surface area contributed by atoms with Crippen molar-refractivity contribution < 1.29 is 4.79 Å². The first kappa shape index (κ1) is 15.3. The zero-order valence-corrected chi connectivity index (χ0v) is 13.5. The molecule has 3 rings (SSSR count). The quantitative estimate of drug-likeness (QED) is 0.731. The Balaban J connectivity index is 1.57. The van der Waals surface area contributed by atoms with Crippen molar-refractivity contribution in [2.24, 2.45) is 7.05 Å². The molecule has 0 aliphatic heterocycles. The number of nitrogens with one attached hydrogen (secondary N) is 1. The highest BCUT2D eigenvalue weighted by Crippen LogP contribution is 2.24. The van der Waals surface area contributed by atoms with Gasteiger partial charge in [0.25, 0.3) is 5.91 Å². The third kappa shape index (κ3) is 4.20. The van der Waals surface area contributed by atoms with Gasteiger partial charge in [0.05, 0.1) is 11.8 Å². The van der Waals surface area contributed by atoms with Crippen molar-refractivity contribution in [3.8, 4) is 0 Å². The molecule has 2 heterocycles. The Morgan fingerprint density at radius 2 is 2.04 bits per heavy atom. The highest BCUT2D eigenvalue weighted by molar-refractivity contribution is 7.98. The summed E-state index contributed by atoms with van der Waals surface area (Å²) in [5.41, 5.74) is 2.50. The van der Waals surface area contributed by atoms with E-state index in [1.807, 2.05) is 36.5 Å². The molecule has 0 fully saturated rings. The Morgan fingerprint density at radius 3 is 2.70 bits per heavy atom. The summed E-state index contributed by atoms with van der Waals surface area (Å²) in [6.45, 7) is 0. The van der Waals surface area contributed by atoms with Gasteiger partial charge in [-0.15, -0.1) is 11.8 Å². The fraction of sp³-hybridized carbons (Fsp3) is 0.118. The molecule has 0 spiro atoms. The van der Waals surface area contributed by atoms with Crippen LogP contribution in [0.5, 0.6) is 0 Å². The average Bonchev–Trinajstić information content (AvgIpc) is 3.02. The molecule has 2 aromatic heterocycles. The molecular formula is C17H16N4OS. The molecule has 0 saturated carbocycles. The van der Waals surface area contributed by atoms with E-state index in [0.29, 0.717) is 5.56 Å². The van der Waals surface area contributed by atoms with Crippen molar-refractivity contribution in [3.63, 3.8) is 0 Å². The van der Waals surface area contributed by atoms with Crippen LogP contribution in [0.15, 0.2) is 66.1 Å². The minimum atomic E-state index is -0.158. The summed E-state index contributed by atoms with van der Waals surface area (Å²) in [5.74, 6) is 0.712. The molecule has 5 nitrogen and oxygen atoms in total. The number of thioether (sulfide) groups is 1. The van der Waals surface area contributed by atoms with E-state index in [-0.39, 0.29) is 5.91 Å². The summed E-state index contributed by atoms with van der Waals surface area (Å²) in [6.07, 6.45) is 6.88. The second kappa shape index (κ2) is 7.11. The van der Waals surface area contributed by atoms with Crippen molar-refractivity contribution in [1.82, 2.24) is 14.8 Å². The van der Waals surface area contributed by atoms with Crippen molar-refractivity contribution in [1.29, 1.82) is 0 Å². The highest BCUT2D eigenvalue weighted by Gasteiger charge is 2.08. The molecule has 1 amide bonds. The van der Waals surface area contributed by atoms with Gasteiger partial charge in [0.2, 0.25) is 0 Å². The van der Waals surface area contributed by atoms with Gasteiger partial charge in [0.1, 0.15) is 0 Å². The van der Waals surface area contributed by atoms with Crippen LogP contribution in [0.2, 0.25) is 0 Å². The molecule has 23 heavy (non-hydrogen) atoms. The third-order valence-electron chi connectivity index (χ3n) is 3.21. The molecule has 0 saturated heterocycles. The number of hydrogen-bond acceptors (Lipinski definition) is 4. The number of carbonyl (C=O) groups is 1. The first-order valence-corrected chi connectivity index (χ1v) is 8.11. The van der Waals surface area contributed by atoms with E-state index in [1.165, 1.54) is 5.56 Å². The fourth-order valence-corrected chi connectivity index (χ4v) is 2.86. The average molecular weight is 324 g/mol. The number of hydrogen-bond donors (Lipinski definition) is 1. The second-order valence-electron chi connectivity index (χ2n) is 5.03. The number of benzene rings is 1. The Hall–Kier alpha value is -2.60. The Bertz CT molecular complexity index is 784. The Morgan fingerprint density at radius 1 is 1.22 bits per heavy atom. The van der Waals surface area contributed by atoms with Crippen molar-refractivity contribution >= 4 is 23.4 Å². The van der Waals surface area contributed by atoms with Gasteiger partial charge in [-0.25, -0.2) is 0 Å². The van der Waals surface area contributed by atoms with Gasteiger partial charge in [-0.05, 0) is 35.9 Å². The van der Waals surface area contributed by atoms with Crippen molar-refractivity contribution in [3.05, 3.63) is 72.3 Å². The highest BCUT2D eigenvalue weighted by atomic mass is 32.2. The van der Waals surface area contributed by atoms with Gasteiger partial charge in [0, 0.05) is 42.0 Å². The number of pyridine rings is 1. The smallest absolute Gasteiger partial charge is 0.258 e. The van der Waals surface area contributed by atoms with Crippen LogP contribution in [-0.2, 0) is 12.8 Å². The Kier molecular flexibility index (Phi) is 4.73. The lowest BCUT2D eigenvalue weighted by Gasteiger charge is -2.05. The molecule has 116 valence electrons. The topological polar surface area (TPSA) is 59.8 Å². The minimum Gasteiger partial charge on any atom is -0.322 e. The maximum Gasteiger partial charge on any atom is 0.258 e. The fourth-order valence-electron chi connectivity index (χ4n) is 2.03. The normalized spacial score (nSPS) is 10.5. The van der Waals surface area contributed by atoms with Crippen LogP contribution in [0.1, 0.15) is 15.9 Å². The zero-order valence-electron chi connectivity index (χ0n) is 12.6. The lowest BCUT2D eigenvalue weighted by atomic mass is 10.3. The van der Waals surface area contributed by atoms with Crippen LogP contribution in [0, 0.1) is 0 Å². The van der Waals surface area contributed by atoms with E-state index in [9.17, 15) is 4.79 Å². The van der Waals surface area contributed by atoms with Gasteiger partial charge in [-0.3, -0.25) is 14.5 Å². The molecule has 0 aliphatic rings. The molecule has 0 atom stereocenters. The zero-order chi connectivity index (χ0) is 16.1. The maximum atomic E-state index is 12.0. The van der Waals surface area contributed by atoms with Crippen LogP contribution in [0.25, 0.3) is 0 Å². The number of anilines is 1. The van der Waals surface area contributed by atoms with Crippen molar-refractivity contribution in [2.75, 3.05) is 5.32 Å². The SMILES string of the molecule is Cn1cc(C(=O)Nc2ccc(SCc3cccnc3)cc2)cn1. The molecule has 6 heteroatoms. The summed E-state index contributed by atoms with van der Waals surface area (Å²) < 4.78 is 1.60. The third-order valence-corrected chi connectivity index (χ3v) is 4.29. The van der Waals surface area contributed by atoms with Gasteiger partial charge >= 0.3 is 0 Å². The summed E-state index contributed by atoms with van der Waals surface area (Å²) in [6, 6.07) is 11.8. The van der Waals surface area contributed by atoms with E-state index >= 15 is 0 Å². The number of nitrogens with zero attached hydrogens (tertiary/aromatic N) is 3. The molecule has 0 bridgehead atoms. The monoisotopic (exact) mass is 324 g/mol. The lowest BCUT2D eigenvalue weighted by Crippen LogP contribution is -2.10. The van der Waals surface area contributed by atoms with Gasteiger partial charge < -0.3 is 5.32 Å². The predicted molar refractivity (Wildman–Crippen MR) is 91.4 cm³/mol. The summed E-state index contributed by atoms with van der Waals surface area (Å²) in [5, 5.41) is 6.85. The number of aryl methyl sites for hydroxylation is 1. The Labute approximate surface area is 138 Å². The molecule has 0 unspecified atom stereocenters. The number of rotatable bonds is 5. The lowest BCUT2D eigenvalue weighted by molar-refractivity contribution is 0.102. The van der Waals surface area contributed by atoms with Crippen LogP contribution in [-0.4, -0.2) is 20.7 Å². The van der Waals surface area contributed by atoms with Crippen LogP contribution in [0.4, 0.5) is 5.69 Å². The van der Waals surface area contributed by atoms with Crippen LogP contribution in [0.3, 0.4) is 0 Å². The predicted octanol–water partition coefficient (Wildman–Crippen LogP) is 3.36.